The highest BCUT2D eigenvalue weighted by Gasteiger charge is 2.23. The van der Waals surface area contributed by atoms with Crippen LogP contribution in [-0.2, 0) is 10.0 Å². The molecule has 0 aromatic carbocycles. The fourth-order valence-electron chi connectivity index (χ4n) is 1.86. The number of nitrogens with one attached hydrogen (secondary N) is 2. The number of carboxylic acid groups (broad SMARTS) is 1. The van der Waals surface area contributed by atoms with Crippen LogP contribution in [0.15, 0.2) is 29.4 Å². The van der Waals surface area contributed by atoms with Gasteiger partial charge in [0, 0.05) is 12.7 Å². The van der Waals surface area contributed by atoms with E-state index in [0.717, 1.165) is 12.8 Å². The Hall–Kier alpha value is -1.71. The topological polar surface area (TPSA) is 129 Å². The molecule has 1 heterocycles. The van der Waals surface area contributed by atoms with Gasteiger partial charge in [0.2, 0.25) is 0 Å². The Morgan fingerprint density at radius 3 is 2.68 bits per heavy atom. The molecule has 1 rings (SSSR count). The SMILES string of the molecule is CCCC[C@H](NC(=O)O)[C@@H](O)CNS(=O)(=O)c1ccccn1. The molecule has 0 saturated carbocycles. The van der Waals surface area contributed by atoms with Crippen molar-refractivity contribution >= 4 is 16.1 Å². The maximum Gasteiger partial charge on any atom is 0.404 e. The molecule has 0 radical (unpaired) electrons. The number of aromatic nitrogens is 1. The zero-order valence-electron chi connectivity index (χ0n) is 12.3. The number of unbranched alkanes of at least 4 members (excludes halogenated alkanes) is 1. The van der Waals surface area contributed by atoms with Crippen LogP contribution in [0.1, 0.15) is 26.2 Å². The highest BCUT2D eigenvalue weighted by atomic mass is 32.2. The predicted octanol–water partition coefficient (Wildman–Crippen LogP) is 0.547. The maximum absolute atomic E-state index is 12.0. The average Bonchev–Trinajstić information content (AvgIpc) is 2.49. The van der Waals surface area contributed by atoms with Crippen LogP contribution in [0.5, 0.6) is 0 Å². The van der Waals surface area contributed by atoms with Gasteiger partial charge in [-0.2, -0.15) is 0 Å². The van der Waals surface area contributed by atoms with Crippen molar-refractivity contribution in [1.82, 2.24) is 15.0 Å². The lowest BCUT2D eigenvalue weighted by Crippen LogP contribution is -2.48. The summed E-state index contributed by atoms with van der Waals surface area (Å²) in [5, 5.41) is 20.8. The Balaban J connectivity index is 2.65. The molecular weight excluding hydrogens is 310 g/mol. The van der Waals surface area contributed by atoms with E-state index in [1.165, 1.54) is 18.3 Å². The lowest BCUT2D eigenvalue weighted by Gasteiger charge is -2.23. The molecule has 0 aliphatic rings. The second kappa shape index (κ2) is 8.66. The van der Waals surface area contributed by atoms with E-state index < -0.39 is 28.3 Å². The number of amides is 1. The second-order valence-corrected chi connectivity index (χ2v) is 6.50. The van der Waals surface area contributed by atoms with Crippen molar-refractivity contribution in [2.75, 3.05) is 6.54 Å². The van der Waals surface area contributed by atoms with Crippen molar-refractivity contribution in [3.63, 3.8) is 0 Å². The van der Waals surface area contributed by atoms with E-state index in [-0.39, 0.29) is 11.6 Å². The summed E-state index contributed by atoms with van der Waals surface area (Å²) in [5.74, 6) is 0. The molecular formula is C13H21N3O5S. The Morgan fingerprint density at radius 1 is 1.41 bits per heavy atom. The van der Waals surface area contributed by atoms with Crippen molar-refractivity contribution in [2.24, 2.45) is 0 Å². The third-order valence-corrected chi connectivity index (χ3v) is 4.38. The van der Waals surface area contributed by atoms with Gasteiger partial charge in [0.25, 0.3) is 10.0 Å². The molecule has 0 bridgehead atoms. The van der Waals surface area contributed by atoms with E-state index in [9.17, 15) is 18.3 Å². The summed E-state index contributed by atoms with van der Waals surface area (Å²) in [6, 6.07) is 3.72. The van der Waals surface area contributed by atoms with Crippen molar-refractivity contribution in [3.8, 4) is 0 Å². The number of pyridine rings is 1. The van der Waals surface area contributed by atoms with Gasteiger partial charge in [-0.25, -0.2) is 22.9 Å². The largest absolute Gasteiger partial charge is 0.465 e. The summed E-state index contributed by atoms with van der Waals surface area (Å²) in [4.78, 5) is 14.5. The van der Waals surface area contributed by atoms with Crippen LogP contribution in [0.2, 0.25) is 0 Å². The zero-order chi connectivity index (χ0) is 16.6. The van der Waals surface area contributed by atoms with Crippen molar-refractivity contribution in [1.29, 1.82) is 0 Å². The summed E-state index contributed by atoms with van der Waals surface area (Å²) in [7, 11) is -3.83. The highest BCUT2D eigenvalue weighted by Crippen LogP contribution is 2.07. The number of carbonyl (C=O) groups is 1. The van der Waals surface area contributed by atoms with Gasteiger partial charge in [-0.15, -0.1) is 0 Å². The Kier molecular flexibility index (Phi) is 7.22. The van der Waals surface area contributed by atoms with Crippen LogP contribution in [0.4, 0.5) is 4.79 Å². The molecule has 0 saturated heterocycles. The molecule has 9 heteroatoms. The number of sulfonamides is 1. The van der Waals surface area contributed by atoms with Crippen molar-refractivity contribution in [3.05, 3.63) is 24.4 Å². The molecule has 1 aromatic heterocycles. The van der Waals surface area contributed by atoms with Crippen LogP contribution >= 0.6 is 0 Å². The summed E-state index contributed by atoms with van der Waals surface area (Å²) >= 11 is 0. The Morgan fingerprint density at radius 2 is 2.14 bits per heavy atom. The number of nitrogens with zero attached hydrogens (tertiary/aromatic N) is 1. The first-order chi connectivity index (χ1) is 10.4. The molecule has 0 unspecified atom stereocenters. The average molecular weight is 331 g/mol. The molecule has 8 nitrogen and oxygen atoms in total. The van der Waals surface area contributed by atoms with Crippen molar-refractivity contribution in [2.45, 2.75) is 43.4 Å². The van der Waals surface area contributed by atoms with Crippen LogP contribution in [-0.4, -0.2) is 48.4 Å². The number of hydrogen-bond acceptors (Lipinski definition) is 5. The van der Waals surface area contributed by atoms with Crippen LogP contribution in [0.3, 0.4) is 0 Å². The number of aliphatic hydroxyl groups excluding tert-OH is 1. The quantitative estimate of drug-likeness (QED) is 0.523. The lowest BCUT2D eigenvalue weighted by molar-refractivity contribution is 0.117. The summed E-state index contributed by atoms with van der Waals surface area (Å²) < 4.78 is 26.2. The minimum atomic E-state index is -3.83. The molecule has 1 aromatic rings. The van der Waals surface area contributed by atoms with Crippen LogP contribution in [0.25, 0.3) is 0 Å². The standard InChI is InChI=1S/C13H21N3O5S/c1-2-3-6-10(16-13(18)19)11(17)9-15-22(20,21)12-7-4-5-8-14-12/h4-5,7-8,10-11,15-17H,2-3,6,9H2,1H3,(H,18,19)/t10-,11-/m0/s1. The molecule has 0 aliphatic carbocycles. The van der Waals surface area contributed by atoms with E-state index in [4.69, 9.17) is 5.11 Å². The molecule has 22 heavy (non-hydrogen) atoms. The van der Waals surface area contributed by atoms with E-state index in [0.29, 0.717) is 6.42 Å². The first-order valence-electron chi connectivity index (χ1n) is 6.95. The fourth-order valence-corrected chi connectivity index (χ4v) is 2.86. The molecule has 1 amide bonds. The normalized spacial score (nSPS) is 14.3. The monoisotopic (exact) mass is 331 g/mol. The Labute approximate surface area is 129 Å². The summed E-state index contributed by atoms with van der Waals surface area (Å²) in [5.41, 5.74) is 0. The smallest absolute Gasteiger partial charge is 0.404 e. The van der Waals surface area contributed by atoms with Gasteiger partial charge in [-0.3, -0.25) is 0 Å². The van der Waals surface area contributed by atoms with Gasteiger partial charge in [0.15, 0.2) is 5.03 Å². The molecule has 4 N–H and O–H groups in total. The third kappa shape index (κ3) is 5.96. The predicted molar refractivity (Wildman–Crippen MR) is 79.9 cm³/mol. The van der Waals surface area contributed by atoms with Crippen molar-refractivity contribution < 1.29 is 23.4 Å². The first kappa shape index (κ1) is 18.3. The summed E-state index contributed by atoms with van der Waals surface area (Å²) in [6.45, 7) is 1.64. The Bertz CT molecular complexity index is 564. The number of rotatable bonds is 9. The molecule has 124 valence electrons. The second-order valence-electron chi connectivity index (χ2n) is 4.79. The lowest BCUT2D eigenvalue weighted by atomic mass is 10.0. The van der Waals surface area contributed by atoms with Gasteiger partial charge in [-0.1, -0.05) is 25.8 Å². The zero-order valence-corrected chi connectivity index (χ0v) is 13.1. The van der Waals surface area contributed by atoms with E-state index >= 15 is 0 Å². The number of aliphatic hydroxyl groups is 1. The summed E-state index contributed by atoms with van der Waals surface area (Å²) in [6.07, 6.45) is 0.907. The minimum absolute atomic E-state index is 0.154. The van der Waals surface area contributed by atoms with Gasteiger partial charge >= 0.3 is 6.09 Å². The number of hydrogen-bond donors (Lipinski definition) is 4. The molecule has 2 atom stereocenters. The van der Waals surface area contributed by atoms with Gasteiger partial charge in [0.05, 0.1) is 12.1 Å². The molecule has 0 fully saturated rings. The van der Waals surface area contributed by atoms with E-state index in [1.54, 1.807) is 6.07 Å². The highest BCUT2D eigenvalue weighted by molar-refractivity contribution is 7.89. The van der Waals surface area contributed by atoms with Gasteiger partial charge < -0.3 is 15.5 Å². The van der Waals surface area contributed by atoms with Crippen LogP contribution in [0, 0.1) is 0 Å². The fraction of sp³-hybridized carbons (Fsp3) is 0.538. The molecule has 0 spiro atoms. The maximum atomic E-state index is 12.0. The van der Waals surface area contributed by atoms with E-state index in [1.807, 2.05) is 6.92 Å². The minimum Gasteiger partial charge on any atom is -0.465 e. The third-order valence-electron chi connectivity index (χ3n) is 3.04. The van der Waals surface area contributed by atoms with Crippen LogP contribution < -0.4 is 10.0 Å². The first-order valence-corrected chi connectivity index (χ1v) is 8.43. The van der Waals surface area contributed by atoms with Gasteiger partial charge in [-0.05, 0) is 18.6 Å². The molecule has 0 aliphatic heterocycles. The van der Waals surface area contributed by atoms with Gasteiger partial charge in [0.1, 0.15) is 0 Å². The van der Waals surface area contributed by atoms with E-state index in [2.05, 4.69) is 15.0 Å².